The number of hydrogen-bond donors (Lipinski definition) is 1. The van der Waals surface area contributed by atoms with Crippen molar-refractivity contribution in [2.75, 3.05) is 19.8 Å². The third-order valence-electron chi connectivity index (χ3n) is 3.46. The summed E-state index contributed by atoms with van der Waals surface area (Å²) in [6.45, 7) is 7.91. The quantitative estimate of drug-likeness (QED) is 0.561. The van der Waals surface area contributed by atoms with Gasteiger partial charge in [0.05, 0.1) is 25.2 Å². The van der Waals surface area contributed by atoms with Gasteiger partial charge in [-0.15, -0.1) is 0 Å². The molecule has 1 aromatic carbocycles. The van der Waals surface area contributed by atoms with Crippen LogP contribution in [0, 0.1) is 5.41 Å². The molecule has 0 aliphatic rings. The fraction of sp³-hybridized carbons (Fsp3) is 0.471. The van der Waals surface area contributed by atoms with Gasteiger partial charge >= 0.3 is 5.97 Å². The van der Waals surface area contributed by atoms with Crippen molar-refractivity contribution in [2.24, 2.45) is 5.41 Å². The van der Waals surface area contributed by atoms with Gasteiger partial charge in [0.25, 0.3) is 0 Å². The summed E-state index contributed by atoms with van der Waals surface area (Å²) in [6, 6.07) is 9.81. The first-order valence-electron chi connectivity index (χ1n) is 7.08. The van der Waals surface area contributed by atoms with Crippen molar-refractivity contribution in [1.82, 2.24) is 0 Å². The summed E-state index contributed by atoms with van der Waals surface area (Å²) in [6.07, 6.45) is 0.655. The molecule has 1 unspecified atom stereocenters. The fourth-order valence-electron chi connectivity index (χ4n) is 1.75. The molecular formula is C17H24O4. The normalized spacial score (nSPS) is 13.5. The van der Waals surface area contributed by atoms with Crippen molar-refractivity contribution >= 4 is 5.97 Å². The standard InChI is InChI=1S/C17H24O4/c1-4-17(11-18,13-21-16(19)14(2)3)12-20-10-15-8-6-5-7-9-15/h5-9,18H,2,4,10-13H2,1,3H3. The van der Waals surface area contributed by atoms with Crippen LogP contribution in [0.25, 0.3) is 0 Å². The Kier molecular flexibility index (Phi) is 7.12. The van der Waals surface area contributed by atoms with Gasteiger partial charge in [0.15, 0.2) is 0 Å². The van der Waals surface area contributed by atoms with Crippen molar-refractivity contribution in [2.45, 2.75) is 26.9 Å². The van der Waals surface area contributed by atoms with Crippen LogP contribution < -0.4 is 0 Å². The Bertz CT molecular complexity index is 449. The third kappa shape index (κ3) is 5.69. The van der Waals surface area contributed by atoms with Gasteiger partial charge in [-0.25, -0.2) is 4.79 Å². The zero-order valence-electron chi connectivity index (χ0n) is 12.8. The van der Waals surface area contributed by atoms with Crippen LogP contribution in [0.3, 0.4) is 0 Å². The highest BCUT2D eigenvalue weighted by Crippen LogP contribution is 2.23. The van der Waals surface area contributed by atoms with Gasteiger partial charge in [-0.05, 0) is 18.9 Å². The molecule has 0 aromatic heterocycles. The number of carbonyl (C=O) groups excluding carboxylic acids is 1. The summed E-state index contributed by atoms with van der Waals surface area (Å²) < 4.78 is 10.9. The van der Waals surface area contributed by atoms with E-state index < -0.39 is 11.4 Å². The molecule has 21 heavy (non-hydrogen) atoms. The van der Waals surface area contributed by atoms with E-state index in [1.165, 1.54) is 0 Å². The van der Waals surface area contributed by atoms with Crippen molar-refractivity contribution in [3.63, 3.8) is 0 Å². The lowest BCUT2D eigenvalue weighted by atomic mass is 9.88. The Morgan fingerprint density at radius 2 is 1.95 bits per heavy atom. The number of benzene rings is 1. The minimum atomic E-state index is -0.570. The highest BCUT2D eigenvalue weighted by molar-refractivity contribution is 5.86. The maximum absolute atomic E-state index is 11.5. The van der Waals surface area contributed by atoms with Crippen LogP contribution in [0.1, 0.15) is 25.8 Å². The molecule has 0 bridgehead atoms. The van der Waals surface area contributed by atoms with Gasteiger partial charge in [-0.2, -0.15) is 0 Å². The summed E-state index contributed by atoms with van der Waals surface area (Å²) in [4.78, 5) is 11.5. The van der Waals surface area contributed by atoms with Crippen molar-refractivity contribution in [1.29, 1.82) is 0 Å². The Morgan fingerprint density at radius 3 is 2.48 bits per heavy atom. The molecule has 0 saturated heterocycles. The van der Waals surface area contributed by atoms with Crippen LogP contribution >= 0.6 is 0 Å². The topological polar surface area (TPSA) is 55.8 Å². The molecule has 0 fully saturated rings. The Morgan fingerprint density at radius 1 is 1.29 bits per heavy atom. The van der Waals surface area contributed by atoms with E-state index in [1.54, 1.807) is 6.92 Å². The molecule has 0 amide bonds. The number of esters is 1. The first kappa shape index (κ1) is 17.4. The predicted octanol–water partition coefficient (Wildman–Crippen LogP) is 2.71. The van der Waals surface area contributed by atoms with E-state index in [0.29, 0.717) is 25.2 Å². The maximum Gasteiger partial charge on any atom is 0.333 e. The molecule has 1 N–H and O–H groups in total. The summed E-state index contributed by atoms with van der Waals surface area (Å²) in [5.41, 5.74) is 0.849. The fourth-order valence-corrected chi connectivity index (χ4v) is 1.75. The molecule has 0 aliphatic carbocycles. The zero-order chi connectivity index (χ0) is 15.7. The van der Waals surface area contributed by atoms with Gasteiger partial charge in [-0.3, -0.25) is 0 Å². The maximum atomic E-state index is 11.5. The van der Waals surface area contributed by atoms with E-state index in [0.717, 1.165) is 5.56 Å². The SMILES string of the molecule is C=C(C)C(=O)OCC(CC)(CO)COCc1ccccc1. The lowest BCUT2D eigenvalue weighted by Crippen LogP contribution is -2.36. The van der Waals surface area contributed by atoms with E-state index >= 15 is 0 Å². The molecule has 0 saturated carbocycles. The minimum Gasteiger partial charge on any atom is -0.462 e. The van der Waals surface area contributed by atoms with Gasteiger partial charge in [-0.1, -0.05) is 43.8 Å². The monoisotopic (exact) mass is 292 g/mol. The second kappa shape index (κ2) is 8.60. The van der Waals surface area contributed by atoms with Crippen LogP contribution in [-0.2, 0) is 20.9 Å². The summed E-state index contributed by atoms with van der Waals surface area (Å²) in [5, 5.41) is 9.63. The number of rotatable bonds is 9. The highest BCUT2D eigenvalue weighted by Gasteiger charge is 2.30. The summed E-state index contributed by atoms with van der Waals surface area (Å²) in [7, 11) is 0. The highest BCUT2D eigenvalue weighted by atomic mass is 16.5. The molecule has 0 aliphatic heterocycles. The smallest absolute Gasteiger partial charge is 0.333 e. The van der Waals surface area contributed by atoms with Crippen molar-refractivity contribution < 1.29 is 19.4 Å². The first-order valence-corrected chi connectivity index (χ1v) is 7.08. The second-order valence-corrected chi connectivity index (χ2v) is 5.35. The van der Waals surface area contributed by atoms with Crippen LogP contribution in [0.2, 0.25) is 0 Å². The average Bonchev–Trinajstić information content (AvgIpc) is 2.51. The van der Waals surface area contributed by atoms with E-state index in [9.17, 15) is 9.90 Å². The molecule has 116 valence electrons. The molecular weight excluding hydrogens is 268 g/mol. The largest absolute Gasteiger partial charge is 0.462 e. The first-order chi connectivity index (χ1) is 10.0. The molecule has 1 aromatic rings. The van der Waals surface area contributed by atoms with Gasteiger partial charge in [0, 0.05) is 5.57 Å². The lowest BCUT2D eigenvalue weighted by Gasteiger charge is -2.29. The van der Waals surface area contributed by atoms with E-state index in [4.69, 9.17) is 9.47 Å². The number of aliphatic hydroxyl groups is 1. The van der Waals surface area contributed by atoms with E-state index in [2.05, 4.69) is 6.58 Å². The molecule has 1 rings (SSSR count). The molecule has 0 radical (unpaired) electrons. The second-order valence-electron chi connectivity index (χ2n) is 5.35. The summed E-state index contributed by atoms with van der Waals surface area (Å²) >= 11 is 0. The molecule has 4 heteroatoms. The Hall–Kier alpha value is -1.65. The number of ether oxygens (including phenoxy) is 2. The van der Waals surface area contributed by atoms with Gasteiger partial charge in [0.2, 0.25) is 0 Å². The lowest BCUT2D eigenvalue weighted by molar-refractivity contribution is -0.146. The minimum absolute atomic E-state index is 0.0955. The number of aliphatic hydroxyl groups excluding tert-OH is 1. The average molecular weight is 292 g/mol. The number of carbonyl (C=O) groups is 1. The zero-order valence-corrected chi connectivity index (χ0v) is 12.8. The number of hydrogen-bond acceptors (Lipinski definition) is 4. The molecule has 0 spiro atoms. The van der Waals surface area contributed by atoms with Crippen molar-refractivity contribution in [3.05, 3.63) is 48.0 Å². The van der Waals surface area contributed by atoms with Crippen molar-refractivity contribution in [3.8, 4) is 0 Å². The molecule has 4 nitrogen and oxygen atoms in total. The Balaban J connectivity index is 2.51. The van der Waals surface area contributed by atoms with Crippen LogP contribution in [0.5, 0.6) is 0 Å². The summed E-state index contributed by atoms with van der Waals surface area (Å²) in [5.74, 6) is -0.440. The van der Waals surface area contributed by atoms with Gasteiger partial charge < -0.3 is 14.6 Å². The van der Waals surface area contributed by atoms with Crippen LogP contribution in [-0.4, -0.2) is 30.9 Å². The van der Waals surface area contributed by atoms with E-state index in [1.807, 2.05) is 37.3 Å². The van der Waals surface area contributed by atoms with Crippen LogP contribution in [0.4, 0.5) is 0 Å². The Labute approximate surface area is 126 Å². The van der Waals surface area contributed by atoms with E-state index in [-0.39, 0.29) is 13.2 Å². The molecule has 1 atom stereocenters. The molecule has 0 heterocycles. The third-order valence-corrected chi connectivity index (χ3v) is 3.46. The van der Waals surface area contributed by atoms with Gasteiger partial charge in [0.1, 0.15) is 6.61 Å². The van der Waals surface area contributed by atoms with Crippen LogP contribution in [0.15, 0.2) is 42.5 Å². The predicted molar refractivity (Wildman–Crippen MR) is 81.7 cm³/mol.